The summed E-state index contributed by atoms with van der Waals surface area (Å²) in [5, 5.41) is 13.3. The van der Waals surface area contributed by atoms with E-state index in [-0.39, 0.29) is 11.6 Å². The Kier molecular flexibility index (Phi) is 4.12. The molecule has 19 heavy (non-hydrogen) atoms. The Hall–Kier alpha value is -2.13. The zero-order chi connectivity index (χ0) is 14.8. The quantitative estimate of drug-likeness (QED) is 0.670. The molecule has 0 aromatic carbocycles. The first-order chi connectivity index (χ1) is 8.66. The van der Waals surface area contributed by atoms with Crippen LogP contribution in [-0.2, 0) is 0 Å². The first-order valence-corrected chi connectivity index (χ1v) is 5.11. The fraction of sp³-hybridized carbons (Fsp3) is 0.556. The lowest BCUT2D eigenvalue weighted by atomic mass is 10.3. The molecule has 1 heterocycles. The minimum absolute atomic E-state index is 0.0625. The van der Waals surface area contributed by atoms with Gasteiger partial charge in [0.25, 0.3) is 5.88 Å². The number of nitrogens with zero attached hydrogens (tertiary/aromatic N) is 3. The normalized spacial score (nSPS) is 12.9. The van der Waals surface area contributed by atoms with Crippen molar-refractivity contribution in [3.8, 4) is 5.88 Å². The molecular formula is C9H11F3N4O3. The monoisotopic (exact) mass is 280 g/mol. The predicted molar refractivity (Wildman–Crippen MR) is 59.1 cm³/mol. The number of halogens is 3. The van der Waals surface area contributed by atoms with Gasteiger partial charge in [-0.1, -0.05) is 0 Å². The van der Waals surface area contributed by atoms with Crippen LogP contribution in [0.2, 0.25) is 0 Å². The second kappa shape index (κ2) is 5.24. The van der Waals surface area contributed by atoms with Gasteiger partial charge < -0.3 is 10.1 Å². The second-order valence-corrected chi connectivity index (χ2v) is 3.60. The molecule has 0 fully saturated rings. The molecule has 0 aliphatic carbocycles. The van der Waals surface area contributed by atoms with Crippen molar-refractivity contribution in [2.75, 3.05) is 12.4 Å². The van der Waals surface area contributed by atoms with Gasteiger partial charge in [0, 0.05) is 7.05 Å². The molecule has 0 saturated heterocycles. The number of nitro groups is 1. The van der Waals surface area contributed by atoms with E-state index < -0.39 is 28.8 Å². The van der Waals surface area contributed by atoms with E-state index in [4.69, 9.17) is 0 Å². The second-order valence-electron chi connectivity index (χ2n) is 3.60. The van der Waals surface area contributed by atoms with E-state index in [2.05, 4.69) is 20.0 Å². The van der Waals surface area contributed by atoms with Crippen molar-refractivity contribution >= 4 is 11.6 Å². The van der Waals surface area contributed by atoms with Crippen LogP contribution in [0.5, 0.6) is 5.88 Å². The van der Waals surface area contributed by atoms with Crippen molar-refractivity contribution in [2.24, 2.45) is 0 Å². The van der Waals surface area contributed by atoms with Crippen LogP contribution in [0, 0.1) is 17.0 Å². The number of anilines is 1. The summed E-state index contributed by atoms with van der Waals surface area (Å²) in [6.07, 6.45) is -6.86. The Morgan fingerprint density at radius 3 is 2.42 bits per heavy atom. The van der Waals surface area contributed by atoms with Crippen molar-refractivity contribution in [1.82, 2.24) is 9.97 Å². The molecule has 1 rings (SSSR count). The van der Waals surface area contributed by atoms with Gasteiger partial charge in [-0.25, -0.2) is 4.98 Å². The summed E-state index contributed by atoms with van der Waals surface area (Å²) in [5.74, 6) is -0.779. The molecule has 7 nitrogen and oxygen atoms in total. The van der Waals surface area contributed by atoms with Gasteiger partial charge in [-0.2, -0.15) is 18.2 Å². The smallest absolute Gasteiger partial charge is 0.425 e. The molecular weight excluding hydrogens is 269 g/mol. The standard InChI is InChI=1S/C9H11F3N4O3/c1-4-6(16(17)18)7(15-8(13-3)14-4)19-5(2)9(10,11)12/h5H,1-3H3,(H,13,14,15). The topological polar surface area (TPSA) is 90.2 Å². The number of ether oxygens (including phenoxy) is 1. The van der Waals surface area contributed by atoms with E-state index in [9.17, 15) is 23.3 Å². The summed E-state index contributed by atoms with van der Waals surface area (Å²) in [7, 11) is 1.43. The van der Waals surface area contributed by atoms with Crippen LogP contribution in [0.3, 0.4) is 0 Å². The van der Waals surface area contributed by atoms with Crippen LogP contribution < -0.4 is 10.1 Å². The molecule has 1 atom stereocenters. The lowest BCUT2D eigenvalue weighted by Crippen LogP contribution is -2.31. The lowest BCUT2D eigenvalue weighted by molar-refractivity contribution is -0.387. The Morgan fingerprint density at radius 1 is 1.42 bits per heavy atom. The van der Waals surface area contributed by atoms with Crippen LogP contribution >= 0.6 is 0 Å². The van der Waals surface area contributed by atoms with E-state index in [1.807, 2.05) is 0 Å². The summed E-state index contributed by atoms with van der Waals surface area (Å²) in [6.45, 7) is 2.02. The molecule has 0 radical (unpaired) electrons. The molecule has 106 valence electrons. The predicted octanol–water partition coefficient (Wildman–Crippen LogP) is 2.06. The largest absolute Gasteiger partial charge is 0.460 e. The van der Waals surface area contributed by atoms with Gasteiger partial charge >= 0.3 is 11.9 Å². The Morgan fingerprint density at radius 2 is 2.00 bits per heavy atom. The number of hydrogen-bond donors (Lipinski definition) is 1. The number of alkyl halides is 3. The summed E-state index contributed by atoms with van der Waals surface area (Å²) >= 11 is 0. The van der Waals surface area contributed by atoms with Crippen LogP contribution in [0.15, 0.2) is 0 Å². The van der Waals surface area contributed by atoms with Gasteiger partial charge in [0.2, 0.25) is 5.95 Å². The highest BCUT2D eigenvalue weighted by molar-refractivity contribution is 5.48. The summed E-state index contributed by atoms with van der Waals surface area (Å²) in [6, 6.07) is 0. The van der Waals surface area contributed by atoms with Crippen molar-refractivity contribution < 1.29 is 22.8 Å². The highest BCUT2D eigenvalue weighted by atomic mass is 19.4. The zero-order valence-corrected chi connectivity index (χ0v) is 10.3. The molecule has 0 bridgehead atoms. The SMILES string of the molecule is CNc1nc(C)c([N+](=O)[O-])c(OC(C)C(F)(F)F)n1. The first-order valence-electron chi connectivity index (χ1n) is 5.11. The minimum Gasteiger partial charge on any atom is -0.460 e. The van der Waals surface area contributed by atoms with E-state index in [0.29, 0.717) is 0 Å². The van der Waals surface area contributed by atoms with Crippen LogP contribution in [0.25, 0.3) is 0 Å². The molecule has 0 spiro atoms. The van der Waals surface area contributed by atoms with Gasteiger partial charge in [0.15, 0.2) is 6.10 Å². The van der Waals surface area contributed by atoms with Gasteiger partial charge in [-0.15, -0.1) is 0 Å². The average Bonchev–Trinajstić information content (AvgIpc) is 2.26. The third-order valence-electron chi connectivity index (χ3n) is 2.18. The van der Waals surface area contributed by atoms with E-state index >= 15 is 0 Å². The Labute approximate surface area is 106 Å². The molecule has 1 aromatic heterocycles. The molecule has 1 aromatic rings. The van der Waals surface area contributed by atoms with Crippen LogP contribution in [0.1, 0.15) is 12.6 Å². The fourth-order valence-electron chi connectivity index (χ4n) is 1.18. The first kappa shape index (κ1) is 14.9. The third kappa shape index (κ3) is 3.42. The van der Waals surface area contributed by atoms with Crippen molar-refractivity contribution in [1.29, 1.82) is 0 Å². The molecule has 0 saturated carbocycles. The number of hydrogen-bond acceptors (Lipinski definition) is 6. The lowest BCUT2D eigenvalue weighted by Gasteiger charge is -2.17. The zero-order valence-electron chi connectivity index (χ0n) is 10.3. The number of aromatic nitrogens is 2. The highest BCUT2D eigenvalue weighted by Gasteiger charge is 2.40. The molecule has 1 N–H and O–H groups in total. The maximum Gasteiger partial charge on any atom is 0.425 e. The Bertz CT molecular complexity index is 492. The molecule has 1 unspecified atom stereocenters. The number of aryl methyl sites for hydroxylation is 1. The van der Waals surface area contributed by atoms with Gasteiger partial charge in [-0.3, -0.25) is 10.1 Å². The Balaban J connectivity index is 3.24. The van der Waals surface area contributed by atoms with Crippen molar-refractivity contribution in [3.05, 3.63) is 15.8 Å². The van der Waals surface area contributed by atoms with Crippen molar-refractivity contribution in [3.63, 3.8) is 0 Å². The molecule has 10 heteroatoms. The number of rotatable bonds is 4. The number of nitrogens with one attached hydrogen (secondary N) is 1. The van der Waals surface area contributed by atoms with E-state index in [1.54, 1.807) is 0 Å². The molecule has 0 amide bonds. The van der Waals surface area contributed by atoms with Gasteiger partial charge in [0.1, 0.15) is 5.69 Å². The molecule has 0 aliphatic heterocycles. The maximum atomic E-state index is 12.4. The van der Waals surface area contributed by atoms with E-state index in [0.717, 1.165) is 6.92 Å². The maximum absolute atomic E-state index is 12.4. The third-order valence-corrected chi connectivity index (χ3v) is 2.18. The summed E-state index contributed by atoms with van der Waals surface area (Å²) in [4.78, 5) is 17.2. The van der Waals surface area contributed by atoms with Crippen LogP contribution in [0.4, 0.5) is 24.8 Å². The van der Waals surface area contributed by atoms with Gasteiger partial charge in [-0.05, 0) is 13.8 Å². The summed E-state index contributed by atoms with van der Waals surface area (Å²) in [5.41, 5.74) is -0.774. The fourth-order valence-corrected chi connectivity index (χ4v) is 1.18. The van der Waals surface area contributed by atoms with Gasteiger partial charge in [0.05, 0.1) is 4.92 Å². The summed E-state index contributed by atoms with van der Waals surface area (Å²) < 4.78 is 41.7. The van der Waals surface area contributed by atoms with Crippen LogP contribution in [-0.4, -0.2) is 34.2 Å². The van der Waals surface area contributed by atoms with E-state index in [1.165, 1.54) is 14.0 Å². The highest BCUT2D eigenvalue weighted by Crippen LogP contribution is 2.32. The molecule has 0 aliphatic rings. The van der Waals surface area contributed by atoms with Crippen molar-refractivity contribution in [2.45, 2.75) is 26.1 Å². The average molecular weight is 280 g/mol. The minimum atomic E-state index is -4.65.